The summed E-state index contributed by atoms with van der Waals surface area (Å²) in [5.41, 5.74) is 7.03. The number of nitrogen functional groups attached to an aromatic ring is 1. The second-order valence-electron chi connectivity index (χ2n) is 3.48. The van der Waals surface area contributed by atoms with Gasteiger partial charge in [-0.15, -0.1) is 0 Å². The van der Waals surface area contributed by atoms with Crippen molar-refractivity contribution >= 4 is 22.1 Å². The van der Waals surface area contributed by atoms with Gasteiger partial charge in [-0.1, -0.05) is 23.8 Å². The summed E-state index contributed by atoms with van der Waals surface area (Å²) in [6, 6.07) is 8.82. The molecule has 0 aromatic heterocycles. The fourth-order valence-electron chi connectivity index (χ4n) is 1.62. The number of nitro benzene ring substituents is 1. The van der Waals surface area contributed by atoms with E-state index in [0.29, 0.717) is 0 Å². The zero-order chi connectivity index (χ0) is 11.0. The van der Waals surface area contributed by atoms with Crippen molar-refractivity contribution in [2.24, 2.45) is 0 Å². The molecule has 0 unspecified atom stereocenters. The number of hydrogen-bond donors (Lipinski definition) is 1. The SMILES string of the molecule is Cc1ccc2c(N)c([N+](=O)[O-])ccc2c1. The fourth-order valence-corrected chi connectivity index (χ4v) is 1.62. The molecule has 15 heavy (non-hydrogen) atoms. The zero-order valence-corrected chi connectivity index (χ0v) is 8.23. The largest absolute Gasteiger partial charge is 0.393 e. The molecule has 0 atom stereocenters. The molecular formula is C11H10N2O2. The van der Waals surface area contributed by atoms with Crippen LogP contribution in [0.5, 0.6) is 0 Å². The number of anilines is 1. The average Bonchev–Trinajstić information content (AvgIpc) is 2.17. The lowest BCUT2D eigenvalue weighted by molar-refractivity contribution is -0.383. The minimum absolute atomic E-state index is 0.0358. The summed E-state index contributed by atoms with van der Waals surface area (Å²) in [5, 5.41) is 12.3. The maximum atomic E-state index is 10.7. The van der Waals surface area contributed by atoms with Crippen LogP contribution < -0.4 is 5.73 Å². The Morgan fingerprint density at radius 1 is 1.27 bits per heavy atom. The molecule has 0 radical (unpaired) electrons. The molecule has 0 heterocycles. The molecule has 0 aliphatic heterocycles. The van der Waals surface area contributed by atoms with Crippen molar-refractivity contribution in [3.05, 3.63) is 46.0 Å². The third kappa shape index (κ3) is 1.50. The number of rotatable bonds is 1. The molecule has 2 aromatic carbocycles. The normalized spacial score (nSPS) is 10.5. The van der Waals surface area contributed by atoms with Crippen LogP contribution in [0.15, 0.2) is 30.3 Å². The second kappa shape index (κ2) is 3.24. The van der Waals surface area contributed by atoms with Crippen LogP contribution in [0.2, 0.25) is 0 Å². The number of hydrogen-bond acceptors (Lipinski definition) is 3. The van der Waals surface area contributed by atoms with Crippen LogP contribution in [0, 0.1) is 17.0 Å². The lowest BCUT2D eigenvalue weighted by atomic mass is 10.1. The standard InChI is InChI=1S/C11H10N2O2/c1-7-2-4-9-8(6-7)3-5-10(11(9)12)13(14)15/h2-6H,12H2,1H3. The summed E-state index contributed by atoms with van der Waals surface area (Å²) in [6.45, 7) is 1.97. The third-order valence-corrected chi connectivity index (χ3v) is 2.39. The van der Waals surface area contributed by atoms with Gasteiger partial charge in [0.05, 0.1) is 4.92 Å². The van der Waals surface area contributed by atoms with Crippen LogP contribution in [0.25, 0.3) is 10.8 Å². The molecule has 4 heteroatoms. The van der Waals surface area contributed by atoms with Crippen LogP contribution in [0.1, 0.15) is 5.56 Å². The van der Waals surface area contributed by atoms with Gasteiger partial charge in [-0.3, -0.25) is 10.1 Å². The Hall–Kier alpha value is -2.10. The maximum absolute atomic E-state index is 10.7. The molecule has 0 fully saturated rings. The summed E-state index contributed by atoms with van der Waals surface area (Å²) in [7, 11) is 0. The number of fused-ring (bicyclic) bond motifs is 1. The van der Waals surface area contributed by atoms with Crippen molar-refractivity contribution in [3.63, 3.8) is 0 Å². The molecule has 0 bridgehead atoms. The van der Waals surface area contributed by atoms with Crippen molar-refractivity contribution in [1.82, 2.24) is 0 Å². The molecule has 0 spiro atoms. The van der Waals surface area contributed by atoms with Crippen molar-refractivity contribution in [2.45, 2.75) is 6.92 Å². The average molecular weight is 202 g/mol. The Balaban J connectivity index is 2.80. The molecule has 0 saturated carbocycles. The first-order chi connectivity index (χ1) is 7.09. The highest BCUT2D eigenvalue weighted by Crippen LogP contribution is 2.30. The number of nitro groups is 1. The van der Waals surface area contributed by atoms with Gasteiger partial charge in [0, 0.05) is 11.5 Å². The molecule has 2 N–H and O–H groups in total. The number of benzene rings is 2. The van der Waals surface area contributed by atoms with Crippen LogP contribution in [-0.2, 0) is 0 Å². The highest BCUT2D eigenvalue weighted by Gasteiger charge is 2.13. The van der Waals surface area contributed by atoms with Gasteiger partial charge < -0.3 is 5.73 Å². The van der Waals surface area contributed by atoms with E-state index >= 15 is 0 Å². The Kier molecular flexibility index (Phi) is 2.04. The molecule has 0 saturated heterocycles. The van der Waals surface area contributed by atoms with E-state index in [0.717, 1.165) is 16.3 Å². The van der Waals surface area contributed by atoms with Crippen LogP contribution in [0.4, 0.5) is 11.4 Å². The van der Waals surface area contributed by atoms with E-state index in [2.05, 4.69) is 0 Å². The molecule has 0 amide bonds. The molecule has 76 valence electrons. The zero-order valence-electron chi connectivity index (χ0n) is 8.23. The van der Waals surface area contributed by atoms with Gasteiger partial charge in [0.2, 0.25) is 0 Å². The van der Waals surface area contributed by atoms with E-state index in [1.54, 1.807) is 6.07 Å². The van der Waals surface area contributed by atoms with Crippen LogP contribution >= 0.6 is 0 Å². The Bertz CT molecular complexity index is 550. The highest BCUT2D eigenvalue weighted by molar-refractivity contribution is 5.97. The summed E-state index contributed by atoms with van der Waals surface area (Å²) in [6.07, 6.45) is 0. The summed E-state index contributed by atoms with van der Waals surface area (Å²) >= 11 is 0. The Morgan fingerprint density at radius 3 is 2.67 bits per heavy atom. The first-order valence-electron chi connectivity index (χ1n) is 4.53. The lowest BCUT2D eigenvalue weighted by Crippen LogP contribution is -1.96. The monoisotopic (exact) mass is 202 g/mol. The Morgan fingerprint density at radius 2 is 2.00 bits per heavy atom. The smallest absolute Gasteiger partial charge is 0.292 e. The van der Waals surface area contributed by atoms with Gasteiger partial charge in [-0.2, -0.15) is 0 Å². The molecule has 0 aliphatic rings. The second-order valence-corrected chi connectivity index (χ2v) is 3.48. The molecule has 4 nitrogen and oxygen atoms in total. The van der Waals surface area contributed by atoms with Crippen molar-refractivity contribution in [1.29, 1.82) is 0 Å². The third-order valence-electron chi connectivity index (χ3n) is 2.39. The van der Waals surface area contributed by atoms with Crippen LogP contribution in [-0.4, -0.2) is 4.92 Å². The van der Waals surface area contributed by atoms with E-state index in [1.165, 1.54) is 6.07 Å². The Labute approximate surface area is 86.5 Å². The number of nitrogens with two attached hydrogens (primary N) is 1. The maximum Gasteiger partial charge on any atom is 0.292 e. The van der Waals surface area contributed by atoms with E-state index in [1.807, 2.05) is 25.1 Å². The van der Waals surface area contributed by atoms with Gasteiger partial charge in [0.25, 0.3) is 5.69 Å². The van der Waals surface area contributed by atoms with Crippen LogP contribution in [0.3, 0.4) is 0 Å². The predicted octanol–water partition coefficient (Wildman–Crippen LogP) is 2.64. The van der Waals surface area contributed by atoms with Gasteiger partial charge in [0.15, 0.2) is 0 Å². The molecule has 2 aromatic rings. The van der Waals surface area contributed by atoms with E-state index in [4.69, 9.17) is 5.73 Å². The van der Waals surface area contributed by atoms with Gasteiger partial charge >= 0.3 is 0 Å². The topological polar surface area (TPSA) is 69.2 Å². The molecule has 0 aliphatic carbocycles. The first kappa shape index (κ1) is 9.45. The lowest BCUT2D eigenvalue weighted by Gasteiger charge is -2.03. The first-order valence-corrected chi connectivity index (χ1v) is 4.53. The molecule has 2 rings (SSSR count). The van der Waals surface area contributed by atoms with Gasteiger partial charge in [-0.05, 0) is 18.4 Å². The summed E-state index contributed by atoms with van der Waals surface area (Å²) in [5.74, 6) is 0. The van der Waals surface area contributed by atoms with Gasteiger partial charge in [0.1, 0.15) is 5.69 Å². The minimum atomic E-state index is -0.464. The minimum Gasteiger partial charge on any atom is -0.393 e. The quantitative estimate of drug-likeness (QED) is 0.439. The predicted molar refractivity (Wildman–Crippen MR) is 59.8 cm³/mol. The highest BCUT2D eigenvalue weighted by atomic mass is 16.6. The van der Waals surface area contributed by atoms with Gasteiger partial charge in [-0.25, -0.2) is 0 Å². The fraction of sp³-hybridized carbons (Fsp3) is 0.0909. The summed E-state index contributed by atoms with van der Waals surface area (Å²) in [4.78, 5) is 10.2. The van der Waals surface area contributed by atoms with E-state index in [-0.39, 0.29) is 11.4 Å². The number of aryl methyl sites for hydroxylation is 1. The van der Waals surface area contributed by atoms with Crippen molar-refractivity contribution in [2.75, 3.05) is 5.73 Å². The van der Waals surface area contributed by atoms with E-state index < -0.39 is 4.92 Å². The van der Waals surface area contributed by atoms with Crippen molar-refractivity contribution in [3.8, 4) is 0 Å². The van der Waals surface area contributed by atoms with E-state index in [9.17, 15) is 10.1 Å². The summed E-state index contributed by atoms with van der Waals surface area (Å²) < 4.78 is 0. The van der Waals surface area contributed by atoms with Crippen molar-refractivity contribution < 1.29 is 4.92 Å². The number of nitrogens with zero attached hydrogens (tertiary/aromatic N) is 1. The molecular weight excluding hydrogens is 192 g/mol.